The number of anilines is 1. The molecule has 0 aromatic carbocycles. The Morgan fingerprint density at radius 2 is 2.30 bits per heavy atom. The van der Waals surface area contributed by atoms with E-state index in [2.05, 4.69) is 20.9 Å². The number of carbonyl (C=O) groups is 2. The molecule has 108 valence electrons. The predicted octanol–water partition coefficient (Wildman–Crippen LogP) is 0.587. The number of carbonyl (C=O) groups excluding carboxylic acids is 2. The van der Waals surface area contributed by atoms with Gasteiger partial charge in [0.15, 0.2) is 0 Å². The monoisotopic (exact) mass is 276 g/mol. The first-order chi connectivity index (χ1) is 9.65. The fourth-order valence-electron chi connectivity index (χ4n) is 2.02. The summed E-state index contributed by atoms with van der Waals surface area (Å²) in [7, 11) is 0. The van der Waals surface area contributed by atoms with Gasteiger partial charge in [0.2, 0.25) is 11.8 Å². The third kappa shape index (κ3) is 4.22. The molecule has 1 aromatic rings. The second kappa shape index (κ2) is 6.88. The number of aryl methyl sites for hydroxylation is 1. The summed E-state index contributed by atoms with van der Waals surface area (Å²) in [5.74, 6) is 0.701. The Balaban J connectivity index is 1.58. The molecule has 2 rings (SSSR count). The number of aromatic nitrogens is 1. The molecule has 6 heteroatoms. The highest BCUT2D eigenvalue weighted by Crippen LogP contribution is 2.06. The van der Waals surface area contributed by atoms with E-state index in [4.69, 9.17) is 0 Å². The van der Waals surface area contributed by atoms with E-state index in [1.807, 2.05) is 25.3 Å². The highest BCUT2D eigenvalue weighted by molar-refractivity contribution is 5.90. The minimum Gasteiger partial charge on any atom is -0.370 e. The molecule has 1 atom stereocenters. The van der Waals surface area contributed by atoms with E-state index in [1.165, 1.54) is 0 Å². The second-order valence-electron chi connectivity index (χ2n) is 4.95. The molecule has 0 unspecified atom stereocenters. The third-order valence-corrected chi connectivity index (χ3v) is 3.18. The van der Waals surface area contributed by atoms with Crippen molar-refractivity contribution in [1.82, 2.24) is 15.6 Å². The molecule has 20 heavy (non-hydrogen) atoms. The van der Waals surface area contributed by atoms with Crippen molar-refractivity contribution in [3.8, 4) is 0 Å². The molecule has 0 spiro atoms. The van der Waals surface area contributed by atoms with Crippen LogP contribution < -0.4 is 16.0 Å². The predicted molar refractivity (Wildman–Crippen MR) is 76.3 cm³/mol. The first kappa shape index (κ1) is 14.3. The highest BCUT2D eigenvalue weighted by atomic mass is 16.2. The Labute approximate surface area is 118 Å². The Morgan fingerprint density at radius 3 is 2.95 bits per heavy atom. The van der Waals surface area contributed by atoms with Gasteiger partial charge in [0.25, 0.3) is 0 Å². The van der Waals surface area contributed by atoms with Gasteiger partial charge in [-0.25, -0.2) is 4.98 Å². The topological polar surface area (TPSA) is 83.1 Å². The molecule has 0 saturated carbocycles. The molecule has 0 aliphatic carbocycles. The summed E-state index contributed by atoms with van der Waals surface area (Å²) < 4.78 is 0. The summed E-state index contributed by atoms with van der Waals surface area (Å²) >= 11 is 0. The number of nitrogens with one attached hydrogen (secondary N) is 3. The number of hydrogen-bond donors (Lipinski definition) is 3. The van der Waals surface area contributed by atoms with E-state index in [9.17, 15) is 9.59 Å². The lowest BCUT2D eigenvalue weighted by atomic mass is 10.2. The first-order valence-corrected chi connectivity index (χ1v) is 6.89. The SMILES string of the molecule is Cc1ccc(NCCCNC(=O)[C@H]2CCC(=O)N2)nc1. The van der Waals surface area contributed by atoms with Crippen LogP contribution in [-0.2, 0) is 9.59 Å². The van der Waals surface area contributed by atoms with Crippen LogP contribution in [0.15, 0.2) is 18.3 Å². The lowest BCUT2D eigenvalue weighted by Crippen LogP contribution is -2.42. The van der Waals surface area contributed by atoms with Crippen LogP contribution in [0, 0.1) is 6.92 Å². The van der Waals surface area contributed by atoms with E-state index in [-0.39, 0.29) is 17.9 Å². The molecule has 1 aliphatic rings. The second-order valence-corrected chi connectivity index (χ2v) is 4.95. The third-order valence-electron chi connectivity index (χ3n) is 3.18. The van der Waals surface area contributed by atoms with Crippen LogP contribution in [0.4, 0.5) is 5.82 Å². The molecule has 2 heterocycles. The van der Waals surface area contributed by atoms with Crippen molar-refractivity contribution < 1.29 is 9.59 Å². The van der Waals surface area contributed by atoms with E-state index >= 15 is 0 Å². The molecule has 1 aromatic heterocycles. The van der Waals surface area contributed by atoms with E-state index in [0.717, 1.165) is 24.3 Å². The molecule has 3 N–H and O–H groups in total. The molecule has 1 saturated heterocycles. The van der Waals surface area contributed by atoms with Gasteiger partial charge in [0.1, 0.15) is 11.9 Å². The largest absolute Gasteiger partial charge is 0.370 e. The number of rotatable bonds is 6. The summed E-state index contributed by atoms with van der Waals surface area (Å²) in [6.45, 7) is 3.32. The molecule has 0 bridgehead atoms. The maximum atomic E-state index is 11.7. The maximum absolute atomic E-state index is 11.7. The fourth-order valence-corrected chi connectivity index (χ4v) is 2.02. The Hall–Kier alpha value is -2.11. The molecular weight excluding hydrogens is 256 g/mol. The van der Waals surface area contributed by atoms with Gasteiger partial charge in [0, 0.05) is 25.7 Å². The Kier molecular flexibility index (Phi) is 4.92. The molecule has 2 amide bonds. The summed E-state index contributed by atoms with van der Waals surface area (Å²) in [6, 6.07) is 3.58. The number of pyridine rings is 1. The average Bonchev–Trinajstić information content (AvgIpc) is 2.87. The first-order valence-electron chi connectivity index (χ1n) is 6.89. The van der Waals surface area contributed by atoms with Crippen LogP contribution in [0.25, 0.3) is 0 Å². The smallest absolute Gasteiger partial charge is 0.242 e. The van der Waals surface area contributed by atoms with Gasteiger partial charge < -0.3 is 16.0 Å². The zero-order valence-corrected chi connectivity index (χ0v) is 11.6. The zero-order chi connectivity index (χ0) is 14.4. The normalized spacial score (nSPS) is 17.6. The Bertz CT molecular complexity index is 473. The fraction of sp³-hybridized carbons (Fsp3) is 0.500. The van der Waals surface area contributed by atoms with Crippen LogP contribution in [0.3, 0.4) is 0 Å². The van der Waals surface area contributed by atoms with E-state index in [1.54, 1.807) is 0 Å². The van der Waals surface area contributed by atoms with Crippen molar-refractivity contribution in [1.29, 1.82) is 0 Å². The molecule has 6 nitrogen and oxygen atoms in total. The minimum atomic E-state index is -0.353. The average molecular weight is 276 g/mol. The minimum absolute atomic E-state index is 0.0442. The van der Waals surface area contributed by atoms with Gasteiger partial charge in [-0.1, -0.05) is 6.07 Å². The van der Waals surface area contributed by atoms with Crippen molar-refractivity contribution in [2.45, 2.75) is 32.2 Å². The van der Waals surface area contributed by atoms with Crippen LogP contribution in [0.1, 0.15) is 24.8 Å². The van der Waals surface area contributed by atoms with Crippen molar-refractivity contribution in [3.63, 3.8) is 0 Å². The van der Waals surface area contributed by atoms with Crippen molar-refractivity contribution >= 4 is 17.6 Å². The van der Waals surface area contributed by atoms with Gasteiger partial charge in [0.05, 0.1) is 0 Å². The highest BCUT2D eigenvalue weighted by Gasteiger charge is 2.26. The Morgan fingerprint density at radius 1 is 1.45 bits per heavy atom. The van der Waals surface area contributed by atoms with Crippen LogP contribution >= 0.6 is 0 Å². The molecule has 1 fully saturated rings. The van der Waals surface area contributed by atoms with E-state index < -0.39 is 0 Å². The van der Waals surface area contributed by atoms with Crippen molar-refractivity contribution in [3.05, 3.63) is 23.9 Å². The molecular formula is C14H20N4O2. The van der Waals surface area contributed by atoms with Gasteiger partial charge in [-0.3, -0.25) is 9.59 Å². The van der Waals surface area contributed by atoms with Gasteiger partial charge in [-0.15, -0.1) is 0 Å². The van der Waals surface area contributed by atoms with Gasteiger partial charge in [-0.05, 0) is 31.4 Å². The number of nitrogens with zero attached hydrogens (tertiary/aromatic N) is 1. The summed E-state index contributed by atoms with van der Waals surface area (Å²) in [5, 5.41) is 8.67. The molecule has 1 aliphatic heterocycles. The van der Waals surface area contributed by atoms with Gasteiger partial charge >= 0.3 is 0 Å². The summed E-state index contributed by atoms with van der Waals surface area (Å²) in [4.78, 5) is 26.9. The number of hydrogen-bond acceptors (Lipinski definition) is 4. The lowest BCUT2D eigenvalue weighted by molar-refractivity contribution is -0.125. The van der Waals surface area contributed by atoms with Crippen molar-refractivity contribution in [2.75, 3.05) is 18.4 Å². The summed E-state index contributed by atoms with van der Waals surface area (Å²) in [6.07, 6.45) is 3.66. The lowest BCUT2D eigenvalue weighted by Gasteiger charge is -2.11. The maximum Gasteiger partial charge on any atom is 0.242 e. The van der Waals surface area contributed by atoms with Crippen LogP contribution in [0.2, 0.25) is 0 Å². The summed E-state index contributed by atoms with van der Waals surface area (Å²) in [5.41, 5.74) is 1.13. The van der Waals surface area contributed by atoms with Crippen molar-refractivity contribution in [2.24, 2.45) is 0 Å². The number of amides is 2. The quantitative estimate of drug-likeness (QED) is 0.664. The van der Waals surface area contributed by atoms with Crippen LogP contribution in [-0.4, -0.2) is 35.9 Å². The van der Waals surface area contributed by atoms with E-state index in [0.29, 0.717) is 19.4 Å². The standard InChI is InChI=1S/C14H20N4O2/c1-10-3-5-12(17-9-10)15-7-2-8-16-14(20)11-4-6-13(19)18-11/h3,5,9,11H,2,4,6-8H2,1H3,(H,15,17)(H,16,20)(H,18,19)/t11-/m1/s1. The molecule has 0 radical (unpaired) electrons. The zero-order valence-electron chi connectivity index (χ0n) is 11.6. The van der Waals surface area contributed by atoms with Gasteiger partial charge in [-0.2, -0.15) is 0 Å². The van der Waals surface area contributed by atoms with Crippen LogP contribution in [0.5, 0.6) is 0 Å².